The second-order valence-electron chi connectivity index (χ2n) is 8.80. The fraction of sp³-hybridized carbons (Fsp3) is 0.161. The Bertz CT molecular complexity index is 1380. The number of fused-ring (bicyclic) bond motifs is 2. The number of ketones is 2. The van der Waals surface area contributed by atoms with E-state index in [1.807, 2.05) is 97.9 Å². The lowest BCUT2D eigenvalue weighted by Crippen LogP contribution is -2.42. The second kappa shape index (κ2) is 9.11. The highest BCUT2D eigenvalue weighted by Crippen LogP contribution is 2.40. The Balaban J connectivity index is 1.74. The standard InChI is InChI=1S/C31H26O3/c1-2-19-31(21-24-14-9-20-34-24,29(32)27-17-7-12-22-10-3-5-15-25(22)27)30(33)28-18-8-13-23-11-4-6-16-26(23)28/h3-18,20H,2,19,21H2,1H3. The zero-order valence-corrected chi connectivity index (χ0v) is 19.2. The van der Waals surface area contributed by atoms with Crippen LogP contribution in [0.1, 0.15) is 46.2 Å². The summed E-state index contributed by atoms with van der Waals surface area (Å²) >= 11 is 0. The minimum Gasteiger partial charge on any atom is -0.469 e. The number of carbonyl (C=O) groups is 2. The molecule has 1 aromatic heterocycles. The van der Waals surface area contributed by atoms with Gasteiger partial charge < -0.3 is 4.42 Å². The third-order valence-corrected chi connectivity index (χ3v) is 6.67. The molecule has 0 saturated heterocycles. The molecule has 5 rings (SSSR count). The van der Waals surface area contributed by atoms with Crippen molar-refractivity contribution in [2.45, 2.75) is 26.2 Å². The highest BCUT2D eigenvalue weighted by Gasteiger charge is 2.47. The van der Waals surface area contributed by atoms with Gasteiger partial charge in [0.15, 0.2) is 11.6 Å². The Labute approximate surface area is 199 Å². The fourth-order valence-electron chi connectivity index (χ4n) is 5.08. The first-order valence-electron chi connectivity index (χ1n) is 11.7. The van der Waals surface area contributed by atoms with Crippen molar-refractivity contribution in [2.24, 2.45) is 5.41 Å². The zero-order valence-electron chi connectivity index (χ0n) is 19.2. The summed E-state index contributed by atoms with van der Waals surface area (Å²) in [5, 5.41) is 3.69. The maximum atomic E-state index is 14.5. The molecule has 0 bridgehead atoms. The number of furan rings is 1. The molecule has 5 aromatic rings. The van der Waals surface area contributed by atoms with Gasteiger partial charge in [-0.2, -0.15) is 0 Å². The van der Waals surface area contributed by atoms with Gasteiger partial charge in [0.05, 0.1) is 6.26 Å². The predicted molar refractivity (Wildman–Crippen MR) is 136 cm³/mol. The first kappa shape index (κ1) is 21.8. The van der Waals surface area contributed by atoms with Crippen LogP contribution in [-0.2, 0) is 6.42 Å². The summed E-state index contributed by atoms with van der Waals surface area (Å²) in [4.78, 5) is 29.0. The van der Waals surface area contributed by atoms with Gasteiger partial charge in [-0.3, -0.25) is 9.59 Å². The third kappa shape index (κ3) is 3.73. The molecule has 0 saturated carbocycles. The lowest BCUT2D eigenvalue weighted by atomic mass is 9.67. The topological polar surface area (TPSA) is 47.3 Å². The molecule has 0 N–H and O–H groups in total. The molecule has 168 valence electrons. The molecule has 4 aromatic carbocycles. The molecule has 3 heteroatoms. The summed E-state index contributed by atoms with van der Waals surface area (Å²) in [6.07, 6.45) is 2.93. The van der Waals surface area contributed by atoms with E-state index in [1.165, 1.54) is 0 Å². The van der Waals surface area contributed by atoms with Crippen LogP contribution in [0.25, 0.3) is 21.5 Å². The van der Waals surface area contributed by atoms with Crippen LogP contribution in [0.15, 0.2) is 108 Å². The molecule has 0 fully saturated rings. The van der Waals surface area contributed by atoms with Crippen molar-refractivity contribution in [2.75, 3.05) is 0 Å². The van der Waals surface area contributed by atoms with Gasteiger partial charge in [0, 0.05) is 17.5 Å². The van der Waals surface area contributed by atoms with Crippen molar-refractivity contribution in [3.8, 4) is 0 Å². The van der Waals surface area contributed by atoms with Gasteiger partial charge in [-0.05, 0) is 40.1 Å². The van der Waals surface area contributed by atoms with Gasteiger partial charge >= 0.3 is 0 Å². The number of carbonyl (C=O) groups excluding carboxylic acids is 2. The molecule has 0 radical (unpaired) electrons. The van der Waals surface area contributed by atoms with E-state index >= 15 is 0 Å². The number of benzene rings is 4. The van der Waals surface area contributed by atoms with E-state index in [0.717, 1.165) is 21.5 Å². The van der Waals surface area contributed by atoms with Crippen LogP contribution >= 0.6 is 0 Å². The lowest BCUT2D eigenvalue weighted by Gasteiger charge is -2.31. The summed E-state index contributed by atoms with van der Waals surface area (Å²) in [7, 11) is 0. The van der Waals surface area contributed by atoms with Crippen LogP contribution in [0.5, 0.6) is 0 Å². The molecule has 0 aliphatic carbocycles. The van der Waals surface area contributed by atoms with E-state index in [1.54, 1.807) is 12.3 Å². The summed E-state index contributed by atoms with van der Waals surface area (Å²) in [5.41, 5.74) is -0.126. The average molecular weight is 447 g/mol. The van der Waals surface area contributed by atoms with Crippen LogP contribution in [0, 0.1) is 5.41 Å². The van der Waals surface area contributed by atoms with Crippen LogP contribution < -0.4 is 0 Å². The number of Topliss-reactive ketones (excluding diaryl/α,β-unsaturated/α-hetero) is 2. The maximum absolute atomic E-state index is 14.5. The van der Waals surface area contributed by atoms with Gasteiger partial charge in [-0.25, -0.2) is 0 Å². The van der Waals surface area contributed by atoms with E-state index in [2.05, 4.69) is 0 Å². The van der Waals surface area contributed by atoms with Gasteiger partial charge in [0.1, 0.15) is 11.2 Å². The fourth-order valence-corrected chi connectivity index (χ4v) is 5.08. The summed E-state index contributed by atoms with van der Waals surface area (Å²) in [6.45, 7) is 2.02. The Morgan fingerprint density at radius 2 is 1.21 bits per heavy atom. The van der Waals surface area contributed by atoms with Crippen LogP contribution in [0.2, 0.25) is 0 Å². The van der Waals surface area contributed by atoms with Gasteiger partial charge in [0.25, 0.3) is 0 Å². The van der Waals surface area contributed by atoms with Crippen LogP contribution in [0.3, 0.4) is 0 Å². The summed E-state index contributed by atoms with van der Waals surface area (Å²) in [5.74, 6) is 0.330. The molecule has 0 atom stereocenters. The van der Waals surface area contributed by atoms with E-state index in [9.17, 15) is 9.59 Å². The Morgan fingerprint density at radius 3 is 1.71 bits per heavy atom. The van der Waals surface area contributed by atoms with E-state index in [0.29, 0.717) is 29.7 Å². The van der Waals surface area contributed by atoms with E-state index in [-0.39, 0.29) is 18.0 Å². The Morgan fingerprint density at radius 1 is 0.676 bits per heavy atom. The van der Waals surface area contributed by atoms with Crippen molar-refractivity contribution < 1.29 is 14.0 Å². The molecule has 1 heterocycles. The SMILES string of the molecule is CCCC(Cc1ccco1)(C(=O)c1cccc2ccccc12)C(=O)c1cccc2ccccc12. The van der Waals surface area contributed by atoms with Gasteiger partial charge in [-0.1, -0.05) is 98.3 Å². The quantitative estimate of drug-likeness (QED) is 0.181. The van der Waals surface area contributed by atoms with Crippen molar-refractivity contribution in [3.63, 3.8) is 0 Å². The molecule has 0 aliphatic heterocycles. The molecule has 3 nitrogen and oxygen atoms in total. The monoisotopic (exact) mass is 446 g/mol. The van der Waals surface area contributed by atoms with E-state index in [4.69, 9.17) is 4.42 Å². The van der Waals surface area contributed by atoms with Crippen LogP contribution in [0.4, 0.5) is 0 Å². The molecule has 0 amide bonds. The highest BCUT2D eigenvalue weighted by molar-refractivity contribution is 6.25. The van der Waals surface area contributed by atoms with Gasteiger partial charge in [-0.15, -0.1) is 0 Å². The number of hydrogen-bond acceptors (Lipinski definition) is 3. The van der Waals surface area contributed by atoms with Crippen LogP contribution in [-0.4, -0.2) is 11.6 Å². The Kier molecular flexibility index (Phi) is 5.85. The van der Waals surface area contributed by atoms with E-state index < -0.39 is 5.41 Å². The summed E-state index contributed by atoms with van der Waals surface area (Å²) in [6, 6.07) is 30.8. The number of hydrogen-bond donors (Lipinski definition) is 0. The molecular formula is C31H26O3. The van der Waals surface area contributed by atoms with Crippen molar-refractivity contribution in [1.29, 1.82) is 0 Å². The number of rotatable bonds is 8. The molecule has 0 unspecified atom stereocenters. The lowest BCUT2D eigenvalue weighted by molar-refractivity contribution is 0.0635. The average Bonchev–Trinajstić information content (AvgIpc) is 3.40. The van der Waals surface area contributed by atoms with Crippen molar-refractivity contribution in [1.82, 2.24) is 0 Å². The molecular weight excluding hydrogens is 420 g/mol. The molecule has 0 spiro atoms. The first-order chi connectivity index (χ1) is 16.6. The molecule has 0 aliphatic rings. The molecule has 34 heavy (non-hydrogen) atoms. The highest BCUT2D eigenvalue weighted by atomic mass is 16.3. The minimum atomic E-state index is -1.28. The first-order valence-corrected chi connectivity index (χ1v) is 11.7. The normalized spacial score (nSPS) is 11.7. The predicted octanol–water partition coefficient (Wildman–Crippen LogP) is 7.68. The largest absolute Gasteiger partial charge is 0.469 e. The summed E-state index contributed by atoms with van der Waals surface area (Å²) < 4.78 is 5.68. The van der Waals surface area contributed by atoms with Gasteiger partial charge in [0.2, 0.25) is 0 Å². The maximum Gasteiger partial charge on any atom is 0.177 e. The van der Waals surface area contributed by atoms with Crippen molar-refractivity contribution in [3.05, 3.63) is 120 Å². The zero-order chi connectivity index (χ0) is 23.5. The minimum absolute atomic E-state index is 0.152. The third-order valence-electron chi connectivity index (χ3n) is 6.67. The smallest absolute Gasteiger partial charge is 0.177 e. The second-order valence-corrected chi connectivity index (χ2v) is 8.80. The Hall–Kier alpha value is -3.98. The van der Waals surface area contributed by atoms with Crippen molar-refractivity contribution >= 4 is 33.1 Å².